The van der Waals surface area contributed by atoms with Gasteiger partial charge in [-0.1, -0.05) is 41.9 Å². The maximum Gasteiger partial charge on any atom is 0.111 e. The number of nitrogens with two attached hydrogens (primary N) is 1. The van der Waals surface area contributed by atoms with Gasteiger partial charge < -0.3 is 5.73 Å². The summed E-state index contributed by atoms with van der Waals surface area (Å²) in [6.07, 6.45) is 0.708. The molecule has 0 bridgehead atoms. The summed E-state index contributed by atoms with van der Waals surface area (Å²) in [6.45, 7) is 0. The molecule has 1 heterocycles. The Morgan fingerprint density at radius 1 is 1.11 bits per heavy atom. The molecule has 0 spiro atoms. The lowest BCUT2D eigenvalue weighted by Gasteiger charge is -2.09. The standard InChI is InChI=1S/C15H13ClN2S/c16-11-6-2-1-5-10(11)9-12(17)15-18-13-7-3-4-8-14(13)19-15/h1-8,12H,9,17H2. The van der Waals surface area contributed by atoms with Gasteiger partial charge in [0.2, 0.25) is 0 Å². The van der Waals surface area contributed by atoms with Crippen LogP contribution >= 0.6 is 22.9 Å². The zero-order valence-electron chi connectivity index (χ0n) is 10.2. The lowest BCUT2D eigenvalue weighted by atomic mass is 10.1. The first-order valence-electron chi connectivity index (χ1n) is 6.08. The summed E-state index contributed by atoms with van der Waals surface area (Å²) in [5.74, 6) is 0. The van der Waals surface area contributed by atoms with Crippen LogP contribution < -0.4 is 5.73 Å². The van der Waals surface area contributed by atoms with Crippen LogP contribution in [0, 0.1) is 0 Å². The first kappa shape index (κ1) is 12.6. The van der Waals surface area contributed by atoms with Crippen molar-refractivity contribution < 1.29 is 0 Å². The second-order valence-corrected chi connectivity index (χ2v) is 5.89. The van der Waals surface area contributed by atoms with E-state index in [-0.39, 0.29) is 6.04 Å². The van der Waals surface area contributed by atoms with E-state index in [9.17, 15) is 0 Å². The normalized spacial score (nSPS) is 12.7. The van der Waals surface area contributed by atoms with Crippen LogP contribution in [0.1, 0.15) is 16.6 Å². The van der Waals surface area contributed by atoms with Crippen LogP contribution in [0.4, 0.5) is 0 Å². The predicted octanol–water partition coefficient (Wildman–Crippen LogP) is 4.19. The number of hydrogen-bond acceptors (Lipinski definition) is 3. The molecular weight excluding hydrogens is 276 g/mol. The van der Waals surface area contributed by atoms with Crippen molar-refractivity contribution in [2.24, 2.45) is 5.73 Å². The average molecular weight is 289 g/mol. The molecule has 0 amide bonds. The van der Waals surface area contributed by atoms with Crippen LogP contribution in [0.15, 0.2) is 48.5 Å². The van der Waals surface area contributed by atoms with E-state index in [0.717, 1.165) is 21.1 Å². The molecule has 2 nitrogen and oxygen atoms in total. The van der Waals surface area contributed by atoms with Crippen molar-refractivity contribution in [3.8, 4) is 0 Å². The van der Waals surface area contributed by atoms with E-state index >= 15 is 0 Å². The third-order valence-electron chi connectivity index (χ3n) is 3.03. The highest BCUT2D eigenvalue weighted by atomic mass is 35.5. The van der Waals surface area contributed by atoms with Gasteiger partial charge in [0.05, 0.1) is 16.3 Å². The van der Waals surface area contributed by atoms with Crippen molar-refractivity contribution in [1.82, 2.24) is 4.98 Å². The Morgan fingerprint density at radius 2 is 1.84 bits per heavy atom. The summed E-state index contributed by atoms with van der Waals surface area (Å²) in [5, 5.41) is 1.72. The Kier molecular flexibility index (Phi) is 3.51. The van der Waals surface area contributed by atoms with Gasteiger partial charge in [0.25, 0.3) is 0 Å². The minimum atomic E-state index is -0.114. The number of aromatic nitrogens is 1. The molecule has 0 saturated carbocycles. The van der Waals surface area contributed by atoms with Crippen molar-refractivity contribution in [2.45, 2.75) is 12.5 Å². The lowest BCUT2D eigenvalue weighted by molar-refractivity contribution is 0.717. The van der Waals surface area contributed by atoms with Gasteiger partial charge in [-0.3, -0.25) is 0 Å². The number of halogens is 1. The molecule has 19 heavy (non-hydrogen) atoms. The van der Waals surface area contributed by atoms with Gasteiger partial charge in [0.15, 0.2) is 0 Å². The highest BCUT2D eigenvalue weighted by molar-refractivity contribution is 7.18. The zero-order valence-corrected chi connectivity index (χ0v) is 11.8. The summed E-state index contributed by atoms with van der Waals surface area (Å²) in [6, 6.07) is 15.8. The summed E-state index contributed by atoms with van der Waals surface area (Å²) >= 11 is 7.81. The fourth-order valence-electron chi connectivity index (χ4n) is 2.04. The van der Waals surface area contributed by atoms with Crippen LogP contribution in [-0.2, 0) is 6.42 Å². The molecule has 0 radical (unpaired) electrons. The smallest absolute Gasteiger partial charge is 0.111 e. The molecule has 1 atom stereocenters. The molecule has 3 aromatic rings. The molecule has 4 heteroatoms. The van der Waals surface area contributed by atoms with Crippen LogP contribution in [0.2, 0.25) is 5.02 Å². The fraction of sp³-hybridized carbons (Fsp3) is 0.133. The van der Waals surface area contributed by atoms with Gasteiger partial charge in [0.1, 0.15) is 5.01 Å². The average Bonchev–Trinajstić information content (AvgIpc) is 2.85. The SMILES string of the molecule is NC(Cc1ccccc1Cl)c1nc2ccccc2s1. The van der Waals surface area contributed by atoms with Crippen molar-refractivity contribution in [2.75, 3.05) is 0 Å². The second-order valence-electron chi connectivity index (χ2n) is 4.42. The third kappa shape index (κ3) is 2.63. The molecule has 0 aliphatic heterocycles. The maximum atomic E-state index is 6.25. The Balaban J connectivity index is 1.87. The number of benzene rings is 2. The second kappa shape index (κ2) is 5.29. The quantitative estimate of drug-likeness (QED) is 0.785. The molecular formula is C15H13ClN2S. The van der Waals surface area contributed by atoms with Crippen LogP contribution in [0.25, 0.3) is 10.2 Å². The van der Waals surface area contributed by atoms with Crippen molar-refractivity contribution in [3.63, 3.8) is 0 Å². The molecule has 3 rings (SSSR count). The number of para-hydroxylation sites is 1. The van der Waals surface area contributed by atoms with E-state index in [4.69, 9.17) is 17.3 Å². The van der Waals surface area contributed by atoms with Crippen molar-refractivity contribution >= 4 is 33.2 Å². The molecule has 96 valence electrons. The van der Waals surface area contributed by atoms with E-state index < -0.39 is 0 Å². The Labute approximate surface area is 120 Å². The summed E-state index contributed by atoms with van der Waals surface area (Å²) in [5.41, 5.74) is 8.33. The van der Waals surface area contributed by atoms with Gasteiger partial charge in [0, 0.05) is 5.02 Å². The van der Waals surface area contributed by atoms with E-state index in [0.29, 0.717) is 6.42 Å². The number of rotatable bonds is 3. The van der Waals surface area contributed by atoms with Gasteiger partial charge in [-0.2, -0.15) is 0 Å². The van der Waals surface area contributed by atoms with Gasteiger partial charge >= 0.3 is 0 Å². The molecule has 1 unspecified atom stereocenters. The Bertz CT molecular complexity index is 675. The molecule has 0 aliphatic carbocycles. The minimum absolute atomic E-state index is 0.114. The van der Waals surface area contributed by atoms with Gasteiger partial charge in [-0.15, -0.1) is 11.3 Å². The number of thiazole rings is 1. The summed E-state index contributed by atoms with van der Waals surface area (Å²) < 4.78 is 1.17. The number of fused-ring (bicyclic) bond motifs is 1. The zero-order chi connectivity index (χ0) is 13.2. The van der Waals surface area contributed by atoms with E-state index in [2.05, 4.69) is 11.1 Å². The fourth-order valence-corrected chi connectivity index (χ4v) is 3.22. The highest BCUT2D eigenvalue weighted by Crippen LogP contribution is 2.28. The number of hydrogen-bond donors (Lipinski definition) is 1. The van der Waals surface area contributed by atoms with E-state index in [1.165, 1.54) is 4.70 Å². The maximum absolute atomic E-state index is 6.25. The highest BCUT2D eigenvalue weighted by Gasteiger charge is 2.13. The Hall–Kier alpha value is -1.42. The van der Waals surface area contributed by atoms with Crippen molar-refractivity contribution in [3.05, 3.63) is 64.1 Å². The minimum Gasteiger partial charge on any atom is -0.322 e. The lowest BCUT2D eigenvalue weighted by Crippen LogP contribution is -2.13. The summed E-state index contributed by atoms with van der Waals surface area (Å²) in [7, 11) is 0. The van der Waals surface area contributed by atoms with Gasteiger partial charge in [-0.25, -0.2) is 4.98 Å². The van der Waals surface area contributed by atoms with Crippen molar-refractivity contribution in [1.29, 1.82) is 0 Å². The summed E-state index contributed by atoms with van der Waals surface area (Å²) in [4.78, 5) is 4.59. The molecule has 0 aliphatic rings. The van der Waals surface area contributed by atoms with Gasteiger partial charge in [-0.05, 0) is 30.2 Å². The molecule has 2 aromatic carbocycles. The van der Waals surface area contributed by atoms with E-state index in [1.54, 1.807) is 11.3 Å². The topological polar surface area (TPSA) is 38.9 Å². The molecule has 0 fully saturated rings. The predicted molar refractivity (Wildman–Crippen MR) is 81.7 cm³/mol. The van der Waals surface area contributed by atoms with Crippen LogP contribution in [-0.4, -0.2) is 4.98 Å². The molecule has 1 aromatic heterocycles. The molecule has 2 N–H and O–H groups in total. The first-order valence-corrected chi connectivity index (χ1v) is 7.28. The first-order chi connectivity index (χ1) is 9.24. The van der Waals surface area contributed by atoms with Crippen LogP contribution in [0.3, 0.4) is 0 Å². The monoisotopic (exact) mass is 288 g/mol. The third-order valence-corrected chi connectivity index (χ3v) is 4.56. The number of nitrogens with zero attached hydrogens (tertiary/aromatic N) is 1. The molecule has 0 saturated heterocycles. The van der Waals surface area contributed by atoms with Crippen LogP contribution in [0.5, 0.6) is 0 Å². The van der Waals surface area contributed by atoms with E-state index in [1.807, 2.05) is 42.5 Å². The largest absolute Gasteiger partial charge is 0.322 e. The Morgan fingerprint density at radius 3 is 2.63 bits per heavy atom.